The first-order valence-electron chi connectivity index (χ1n) is 8.21. The zero-order chi connectivity index (χ0) is 20.3. The topological polar surface area (TPSA) is 135 Å². The van der Waals surface area contributed by atoms with Gasteiger partial charge in [0.05, 0.1) is 0 Å². The summed E-state index contributed by atoms with van der Waals surface area (Å²) >= 11 is 1.16. The second-order valence-electron chi connectivity index (χ2n) is 5.74. The number of nitrogens with one attached hydrogen (secondary N) is 3. The third-order valence-corrected chi connectivity index (χ3v) is 6.61. The summed E-state index contributed by atoms with van der Waals surface area (Å²) in [6.45, 7) is 1.54. The predicted octanol–water partition coefficient (Wildman–Crippen LogP) is 2.02. The summed E-state index contributed by atoms with van der Waals surface area (Å²) < 4.78 is 27.4. The van der Waals surface area contributed by atoms with E-state index in [1.807, 2.05) is 0 Å². The van der Waals surface area contributed by atoms with Crippen LogP contribution in [0.5, 0.6) is 0 Å². The van der Waals surface area contributed by atoms with Crippen molar-refractivity contribution in [3.8, 4) is 0 Å². The molecule has 0 spiro atoms. The van der Waals surface area contributed by atoms with Gasteiger partial charge in [0.25, 0.3) is 15.6 Å². The number of fused-ring (bicyclic) bond motifs is 3. The van der Waals surface area contributed by atoms with Gasteiger partial charge < -0.3 is 19.9 Å². The Morgan fingerprint density at radius 2 is 1.96 bits per heavy atom. The van der Waals surface area contributed by atoms with Gasteiger partial charge in [-0.1, -0.05) is 13.0 Å². The Morgan fingerprint density at radius 1 is 1.21 bits per heavy atom. The van der Waals surface area contributed by atoms with Crippen LogP contribution in [0, 0.1) is 0 Å². The van der Waals surface area contributed by atoms with Crippen molar-refractivity contribution in [1.82, 2.24) is 9.97 Å². The summed E-state index contributed by atoms with van der Waals surface area (Å²) in [6.07, 6.45) is 1.79. The highest BCUT2D eigenvalue weighted by atomic mass is 32.2. The van der Waals surface area contributed by atoms with Crippen molar-refractivity contribution in [2.75, 3.05) is 4.72 Å². The molecule has 3 aromatic heterocycles. The second-order valence-corrected chi connectivity index (χ2v) is 8.60. The van der Waals surface area contributed by atoms with Gasteiger partial charge in [-0.2, -0.15) is 0 Å². The molecule has 0 saturated heterocycles. The van der Waals surface area contributed by atoms with E-state index in [1.54, 1.807) is 48.0 Å². The summed E-state index contributed by atoms with van der Waals surface area (Å²) in [7, 11) is -3.60. The number of aromatic nitrogens is 2. The molecule has 0 radical (unpaired) electrons. The van der Waals surface area contributed by atoms with Crippen molar-refractivity contribution in [1.29, 1.82) is 0 Å². The maximum Gasteiger partial charge on any atom is 0.272 e. The lowest BCUT2D eigenvalue weighted by Crippen LogP contribution is -2.19. The molecular formula is C18H16N3O5S2-. The van der Waals surface area contributed by atoms with Gasteiger partial charge in [0, 0.05) is 34.1 Å². The van der Waals surface area contributed by atoms with E-state index in [0.29, 0.717) is 16.7 Å². The average Bonchev–Trinajstić information content (AvgIpc) is 3.35. The van der Waals surface area contributed by atoms with Crippen molar-refractivity contribution in [2.24, 2.45) is 0 Å². The maximum absolute atomic E-state index is 12.3. The van der Waals surface area contributed by atoms with Crippen molar-refractivity contribution in [2.45, 2.75) is 17.6 Å². The van der Waals surface area contributed by atoms with E-state index in [2.05, 4.69) is 14.7 Å². The molecule has 3 N–H and O–H groups in total. The zero-order valence-corrected chi connectivity index (χ0v) is 16.3. The first-order chi connectivity index (χ1) is 13.3. The SMILES string of the molecule is CCC(=O)[O-].O=c1[nH]c2ccc(NS(=O)(=O)c3cccs3)cc2c2cc[nH]c12. The number of aromatic amines is 2. The van der Waals surface area contributed by atoms with Crippen LogP contribution in [0.25, 0.3) is 21.8 Å². The predicted molar refractivity (Wildman–Crippen MR) is 107 cm³/mol. The molecule has 1 aromatic carbocycles. The molecule has 0 amide bonds. The average molecular weight is 418 g/mol. The molecular weight excluding hydrogens is 402 g/mol. The Morgan fingerprint density at radius 3 is 2.61 bits per heavy atom. The first-order valence-corrected chi connectivity index (χ1v) is 10.6. The summed E-state index contributed by atoms with van der Waals surface area (Å²) in [6, 6.07) is 10.1. The minimum atomic E-state index is -3.60. The minimum absolute atomic E-state index is 0.111. The molecule has 0 aliphatic heterocycles. The van der Waals surface area contributed by atoms with Crippen molar-refractivity contribution >= 4 is 54.8 Å². The molecule has 8 nitrogen and oxygen atoms in total. The lowest BCUT2D eigenvalue weighted by Gasteiger charge is -2.08. The molecule has 0 aliphatic rings. The molecule has 0 saturated carbocycles. The highest BCUT2D eigenvalue weighted by molar-refractivity contribution is 7.94. The number of carboxylic acid groups (broad SMARTS) is 1. The number of hydrogen-bond acceptors (Lipinski definition) is 6. The standard InChI is InChI=1S/C15H11N3O3S2.C3H6O2/c19-15-14-10(5-6-16-14)11-8-9(3-4-12(11)17-15)18-23(20,21)13-2-1-7-22-13;1-2-3(4)5/h1-8,16,18H,(H,17,19);2H2,1H3,(H,4,5)/p-1. The van der Waals surface area contributed by atoms with Crippen LogP contribution >= 0.6 is 11.3 Å². The molecule has 0 atom stereocenters. The molecule has 0 fully saturated rings. The van der Waals surface area contributed by atoms with Gasteiger partial charge in [0.2, 0.25) is 0 Å². The van der Waals surface area contributed by atoms with E-state index in [9.17, 15) is 23.1 Å². The Bertz CT molecular complexity index is 1290. The number of rotatable bonds is 4. The van der Waals surface area contributed by atoms with Crippen LogP contribution < -0.4 is 15.4 Å². The third-order valence-electron chi connectivity index (χ3n) is 3.83. The van der Waals surface area contributed by atoms with Gasteiger partial charge in [0.1, 0.15) is 9.73 Å². The number of aliphatic carboxylic acids is 1. The third kappa shape index (κ3) is 4.07. The smallest absolute Gasteiger partial charge is 0.272 e. The number of hydrogen-bond donors (Lipinski definition) is 3. The van der Waals surface area contributed by atoms with Crippen molar-refractivity contribution in [3.63, 3.8) is 0 Å². The molecule has 0 bridgehead atoms. The number of anilines is 1. The van der Waals surface area contributed by atoms with E-state index < -0.39 is 16.0 Å². The first kappa shape index (κ1) is 19.6. The van der Waals surface area contributed by atoms with Crippen LogP contribution in [0.15, 0.2) is 57.0 Å². The Balaban J connectivity index is 0.000000403. The number of benzene rings is 1. The van der Waals surface area contributed by atoms with E-state index in [0.717, 1.165) is 22.1 Å². The quantitative estimate of drug-likeness (QED) is 0.466. The van der Waals surface area contributed by atoms with Gasteiger partial charge in [-0.25, -0.2) is 8.42 Å². The highest BCUT2D eigenvalue weighted by Gasteiger charge is 2.16. The van der Waals surface area contributed by atoms with E-state index in [1.165, 1.54) is 6.92 Å². The van der Waals surface area contributed by atoms with Gasteiger partial charge >= 0.3 is 0 Å². The van der Waals surface area contributed by atoms with Crippen molar-refractivity contribution in [3.05, 3.63) is 58.3 Å². The van der Waals surface area contributed by atoms with E-state index in [4.69, 9.17) is 0 Å². The van der Waals surface area contributed by atoms with Crippen LogP contribution in [-0.4, -0.2) is 24.4 Å². The fourth-order valence-electron chi connectivity index (χ4n) is 2.53. The maximum atomic E-state index is 12.3. The number of carbonyl (C=O) groups excluding carboxylic acids is 1. The van der Waals surface area contributed by atoms with Gasteiger partial charge in [-0.3, -0.25) is 9.52 Å². The highest BCUT2D eigenvalue weighted by Crippen LogP contribution is 2.26. The minimum Gasteiger partial charge on any atom is -0.550 e. The van der Waals surface area contributed by atoms with Crippen LogP contribution in [-0.2, 0) is 14.8 Å². The Labute approximate surface area is 163 Å². The number of pyridine rings is 1. The van der Waals surface area contributed by atoms with Crippen LogP contribution in [0.1, 0.15) is 13.3 Å². The molecule has 0 unspecified atom stereocenters. The fraction of sp³-hybridized carbons (Fsp3) is 0.111. The van der Waals surface area contributed by atoms with E-state index >= 15 is 0 Å². The number of carbonyl (C=O) groups is 1. The Hall–Kier alpha value is -3.11. The number of sulfonamides is 1. The van der Waals surface area contributed by atoms with Crippen LogP contribution in [0.3, 0.4) is 0 Å². The van der Waals surface area contributed by atoms with E-state index in [-0.39, 0.29) is 16.2 Å². The largest absolute Gasteiger partial charge is 0.550 e. The van der Waals surface area contributed by atoms with Gasteiger partial charge in [-0.05, 0) is 42.1 Å². The molecule has 4 rings (SSSR count). The molecule has 3 heterocycles. The number of H-pyrrole nitrogens is 2. The van der Waals surface area contributed by atoms with Crippen LogP contribution in [0.4, 0.5) is 5.69 Å². The monoisotopic (exact) mass is 418 g/mol. The van der Waals surface area contributed by atoms with Gasteiger partial charge in [-0.15, -0.1) is 11.3 Å². The lowest BCUT2D eigenvalue weighted by molar-refractivity contribution is -0.305. The Kier molecular flexibility index (Phi) is 5.52. The van der Waals surface area contributed by atoms with Gasteiger partial charge in [0.15, 0.2) is 0 Å². The summed E-state index contributed by atoms with van der Waals surface area (Å²) in [5.41, 5.74) is 1.36. The number of carboxylic acids is 1. The number of thiophene rings is 1. The van der Waals surface area contributed by atoms with Crippen LogP contribution in [0.2, 0.25) is 0 Å². The summed E-state index contributed by atoms with van der Waals surface area (Å²) in [5.74, 6) is -0.995. The zero-order valence-electron chi connectivity index (χ0n) is 14.7. The molecule has 28 heavy (non-hydrogen) atoms. The molecule has 10 heteroatoms. The molecule has 4 aromatic rings. The molecule has 146 valence electrons. The lowest BCUT2D eigenvalue weighted by atomic mass is 10.1. The fourth-order valence-corrected chi connectivity index (χ4v) is 4.57. The molecule has 0 aliphatic carbocycles. The summed E-state index contributed by atoms with van der Waals surface area (Å²) in [4.78, 5) is 26.8. The second kappa shape index (κ2) is 7.87. The van der Waals surface area contributed by atoms with Crippen molar-refractivity contribution < 1.29 is 18.3 Å². The normalized spacial score (nSPS) is 11.2. The summed E-state index contributed by atoms with van der Waals surface area (Å²) in [5, 5.41) is 12.5.